The highest BCUT2D eigenvalue weighted by Gasteiger charge is 2.31. The Morgan fingerprint density at radius 3 is 2.57 bits per heavy atom. The third-order valence-corrected chi connectivity index (χ3v) is 6.61. The number of halogens is 3. The Morgan fingerprint density at radius 2 is 1.86 bits per heavy atom. The molecule has 8 heteroatoms. The number of aromatic nitrogens is 1. The molecule has 2 aromatic heterocycles. The molecule has 4 nitrogen and oxygen atoms in total. The molecule has 0 unspecified atom stereocenters. The molecule has 150 valence electrons. The van der Waals surface area contributed by atoms with Gasteiger partial charge in [0, 0.05) is 37.3 Å². The minimum atomic E-state index is -4.38. The van der Waals surface area contributed by atoms with E-state index >= 15 is 0 Å². The van der Waals surface area contributed by atoms with Crippen LogP contribution in [0.2, 0.25) is 0 Å². The highest BCUT2D eigenvalue weighted by molar-refractivity contribution is 7.14. The van der Waals surface area contributed by atoms with Gasteiger partial charge in [-0.05, 0) is 55.9 Å². The molecule has 1 aliphatic carbocycles. The molecule has 3 heterocycles. The van der Waals surface area contributed by atoms with Crippen LogP contribution in [0.4, 0.5) is 19.0 Å². The molecule has 2 aliphatic rings. The van der Waals surface area contributed by atoms with Crippen molar-refractivity contribution in [3.8, 4) is 0 Å². The van der Waals surface area contributed by atoms with Crippen LogP contribution in [0.5, 0.6) is 0 Å². The SMILES string of the molecule is O=C(c1cc2c(s1)CCCC2)N1CCCN(c2ccc(C(F)(F)F)cn2)CC1. The summed E-state index contributed by atoms with van der Waals surface area (Å²) in [6.45, 7) is 2.43. The molecule has 2 aromatic rings. The molecule has 4 rings (SSSR count). The summed E-state index contributed by atoms with van der Waals surface area (Å²) in [7, 11) is 0. The summed E-state index contributed by atoms with van der Waals surface area (Å²) < 4.78 is 38.1. The zero-order valence-electron chi connectivity index (χ0n) is 15.5. The average Bonchev–Trinajstić information content (AvgIpc) is 2.96. The largest absolute Gasteiger partial charge is 0.417 e. The lowest BCUT2D eigenvalue weighted by Crippen LogP contribution is -2.35. The predicted octanol–water partition coefficient (Wildman–Crippen LogP) is 4.39. The maximum atomic E-state index is 12.9. The molecule has 28 heavy (non-hydrogen) atoms. The smallest absolute Gasteiger partial charge is 0.355 e. The lowest BCUT2D eigenvalue weighted by molar-refractivity contribution is -0.137. The fourth-order valence-electron chi connectivity index (χ4n) is 3.84. The number of fused-ring (bicyclic) bond motifs is 1. The van der Waals surface area contributed by atoms with Crippen LogP contribution >= 0.6 is 11.3 Å². The molecule has 1 amide bonds. The fraction of sp³-hybridized carbons (Fsp3) is 0.500. The highest BCUT2D eigenvalue weighted by atomic mass is 32.1. The van der Waals surface area contributed by atoms with Crippen molar-refractivity contribution in [1.82, 2.24) is 9.88 Å². The number of nitrogens with zero attached hydrogens (tertiary/aromatic N) is 3. The van der Waals surface area contributed by atoms with Crippen molar-refractivity contribution in [2.24, 2.45) is 0 Å². The van der Waals surface area contributed by atoms with Crippen molar-refractivity contribution in [2.75, 3.05) is 31.1 Å². The van der Waals surface area contributed by atoms with Crippen molar-refractivity contribution in [2.45, 2.75) is 38.3 Å². The Morgan fingerprint density at radius 1 is 1.04 bits per heavy atom. The van der Waals surface area contributed by atoms with Gasteiger partial charge in [0.2, 0.25) is 0 Å². The van der Waals surface area contributed by atoms with E-state index in [4.69, 9.17) is 0 Å². The van der Waals surface area contributed by atoms with Crippen LogP contribution in [0.15, 0.2) is 24.4 Å². The van der Waals surface area contributed by atoms with E-state index in [-0.39, 0.29) is 5.91 Å². The van der Waals surface area contributed by atoms with Gasteiger partial charge in [-0.15, -0.1) is 11.3 Å². The van der Waals surface area contributed by atoms with Gasteiger partial charge in [0.15, 0.2) is 0 Å². The Kier molecular flexibility index (Phi) is 5.31. The Labute approximate surface area is 166 Å². The van der Waals surface area contributed by atoms with Gasteiger partial charge in [0.1, 0.15) is 5.82 Å². The number of amides is 1. The van der Waals surface area contributed by atoms with Crippen LogP contribution < -0.4 is 4.90 Å². The van der Waals surface area contributed by atoms with Crippen molar-refractivity contribution in [3.05, 3.63) is 45.3 Å². The minimum absolute atomic E-state index is 0.0710. The zero-order valence-corrected chi connectivity index (χ0v) is 16.3. The standard InChI is InChI=1S/C20H22F3N3OS/c21-20(22,23)15-6-7-18(24-13-15)25-8-3-9-26(11-10-25)19(27)17-12-14-4-1-2-5-16(14)28-17/h6-7,12-13H,1-5,8-11H2. The third-order valence-electron chi connectivity index (χ3n) is 5.39. The molecule has 0 aromatic carbocycles. The monoisotopic (exact) mass is 409 g/mol. The number of hydrogen-bond donors (Lipinski definition) is 0. The van der Waals surface area contributed by atoms with Gasteiger partial charge in [-0.1, -0.05) is 0 Å². The van der Waals surface area contributed by atoms with E-state index < -0.39 is 11.7 Å². The van der Waals surface area contributed by atoms with Gasteiger partial charge in [-0.2, -0.15) is 13.2 Å². The number of anilines is 1. The molecule has 1 aliphatic heterocycles. The van der Waals surface area contributed by atoms with Crippen molar-refractivity contribution in [3.63, 3.8) is 0 Å². The number of thiophene rings is 1. The van der Waals surface area contributed by atoms with Gasteiger partial charge in [0.05, 0.1) is 10.4 Å². The Bertz CT molecular complexity index is 824. The first-order valence-electron chi connectivity index (χ1n) is 9.61. The molecule has 0 saturated carbocycles. The quantitative estimate of drug-likeness (QED) is 0.738. The number of hydrogen-bond acceptors (Lipinski definition) is 4. The highest BCUT2D eigenvalue weighted by Crippen LogP contribution is 2.31. The van der Waals surface area contributed by atoms with E-state index in [1.165, 1.54) is 29.3 Å². The first-order chi connectivity index (χ1) is 13.4. The van der Waals surface area contributed by atoms with Gasteiger partial charge in [-0.25, -0.2) is 4.98 Å². The molecular weight excluding hydrogens is 387 g/mol. The second-order valence-electron chi connectivity index (χ2n) is 7.30. The van der Waals surface area contributed by atoms with Crippen LogP contribution in [0.3, 0.4) is 0 Å². The van der Waals surface area contributed by atoms with Gasteiger partial charge < -0.3 is 9.80 Å². The topological polar surface area (TPSA) is 36.4 Å². The van der Waals surface area contributed by atoms with Crippen LogP contribution in [0.25, 0.3) is 0 Å². The number of alkyl halides is 3. The fourth-order valence-corrected chi connectivity index (χ4v) is 5.06. The molecule has 0 bridgehead atoms. The number of pyridine rings is 1. The maximum Gasteiger partial charge on any atom is 0.417 e. The lowest BCUT2D eigenvalue weighted by atomic mass is 9.99. The summed E-state index contributed by atoms with van der Waals surface area (Å²) in [5, 5.41) is 0. The first kappa shape index (κ1) is 19.2. The van der Waals surface area contributed by atoms with Crippen LogP contribution in [-0.2, 0) is 19.0 Å². The van der Waals surface area contributed by atoms with E-state index in [0.29, 0.717) is 32.0 Å². The molecule has 1 saturated heterocycles. The molecule has 1 fully saturated rings. The molecular formula is C20H22F3N3OS. The summed E-state index contributed by atoms with van der Waals surface area (Å²) >= 11 is 1.62. The number of rotatable bonds is 2. The van der Waals surface area contributed by atoms with E-state index in [9.17, 15) is 18.0 Å². The van der Waals surface area contributed by atoms with Crippen molar-refractivity contribution < 1.29 is 18.0 Å². The molecule has 0 atom stereocenters. The number of carbonyl (C=O) groups is 1. The second-order valence-corrected chi connectivity index (χ2v) is 8.44. The molecule has 0 N–H and O–H groups in total. The summed E-state index contributed by atoms with van der Waals surface area (Å²) in [6, 6.07) is 4.53. The normalized spacial score (nSPS) is 18.0. The van der Waals surface area contributed by atoms with Gasteiger partial charge >= 0.3 is 6.18 Å². The zero-order chi connectivity index (χ0) is 19.7. The number of aryl methyl sites for hydroxylation is 2. The van der Waals surface area contributed by atoms with E-state index in [1.807, 2.05) is 9.80 Å². The lowest BCUT2D eigenvalue weighted by Gasteiger charge is -2.23. The Balaban J connectivity index is 1.42. The average molecular weight is 409 g/mol. The van der Waals surface area contributed by atoms with Crippen LogP contribution in [-0.4, -0.2) is 42.0 Å². The maximum absolute atomic E-state index is 12.9. The van der Waals surface area contributed by atoms with E-state index in [1.54, 1.807) is 11.3 Å². The van der Waals surface area contributed by atoms with Gasteiger partial charge in [-0.3, -0.25) is 4.79 Å². The number of carbonyl (C=O) groups excluding carboxylic acids is 1. The molecule has 0 spiro atoms. The predicted molar refractivity (Wildman–Crippen MR) is 103 cm³/mol. The minimum Gasteiger partial charge on any atom is -0.355 e. The summed E-state index contributed by atoms with van der Waals surface area (Å²) in [4.78, 5) is 22.9. The summed E-state index contributed by atoms with van der Waals surface area (Å²) in [5.41, 5.74) is 0.578. The van der Waals surface area contributed by atoms with Crippen LogP contribution in [0.1, 0.15) is 44.9 Å². The first-order valence-corrected chi connectivity index (χ1v) is 10.4. The second kappa shape index (κ2) is 7.73. The van der Waals surface area contributed by atoms with Crippen molar-refractivity contribution >= 4 is 23.1 Å². The summed E-state index contributed by atoms with van der Waals surface area (Å²) in [5.74, 6) is 0.593. The van der Waals surface area contributed by atoms with E-state index in [0.717, 1.165) is 36.4 Å². The summed E-state index contributed by atoms with van der Waals surface area (Å²) in [6.07, 6.45) is 1.77. The van der Waals surface area contributed by atoms with Gasteiger partial charge in [0.25, 0.3) is 5.91 Å². The Hall–Kier alpha value is -2.09. The van der Waals surface area contributed by atoms with Crippen LogP contribution in [0, 0.1) is 0 Å². The van der Waals surface area contributed by atoms with E-state index in [2.05, 4.69) is 11.1 Å². The third kappa shape index (κ3) is 4.01. The molecule has 0 radical (unpaired) electrons. The van der Waals surface area contributed by atoms with Crippen molar-refractivity contribution in [1.29, 1.82) is 0 Å².